The molecule has 4 aliphatic rings. The van der Waals surface area contributed by atoms with Gasteiger partial charge in [-0.3, -0.25) is 14.4 Å². The van der Waals surface area contributed by atoms with Gasteiger partial charge in [0.25, 0.3) is 5.91 Å². The summed E-state index contributed by atoms with van der Waals surface area (Å²) in [5, 5.41) is 11.4. The van der Waals surface area contributed by atoms with Crippen LogP contribution in [0.25, 0.3) is 10.8 Å². The first-order chi connectivity index (χ1) is 20.4. The highest BCUT2D eigenvalue weighted by Crippen LogP contribution is 2.65. The van der Waals surface area contributed by atoms with E-state index >= 15 is 0 Å². The molecule has 2 aromatic carbocycles. The van der Waals surface area contributed by atoms with E-state index < -0.39 is 27.4 Å². The number of fused-ring (bicyclic) bond motifs is 3. The molecule has 222 valence electrons. The van der Waals surface area contributed by atoms with Gasteiger partial charge in [0.15, 0.2) is 0 Å². The van der Waals surface area contributed by atoms with E-state index in [1.807, 2.05) is 49.4 Å². The van der Waals surface area contributed by atoms with Crippen molar-refractivity contribution < 1.29 is 24.2 Å². The van der Waals surface area contributed by atoms with Crippen LogP contribution >= 0.6 is 11.8 Å². The summed E-state index contributed by atoms with van der Waals surface area (Å²) in [6.07, 6.45) is 14.1. The summed E-state index contributed by atoms with van der Waals surface area (Å²) >= 11 is 1.60. The molecule has 8 heteroatoms. The van der Waals surface area contributed by atoms with Crippen molar-refractivity contribution in [2.24, 2.45) is 11.8 Å². The van der Waals surface area contributed by atoms with Crippen LogP contribution in [0.2, 0.25) is 0 Å². The number of cyclic esters (lactones) is 1. The van der Waals surface area contributed by atoms with Crippen LogP contribution in [-0.2, 0) is 19.1 Å². The first-order valence-electron chi connectivity index (χ1n) is 15.3. The zero-order valence-electron chi connectivity index (χ0n) is 24.2. The number of carbonyl (C=O) groups excluding carboxylic acids is 3. The van der Waals surface area contributed by atoms with Crippen molar-refractivity contribution in [3.8, 4) is 0 Å². The van der Waals surface area contributed by atoms with E-state index in [0.29, 0.717) is 19.7 Å². The van der Waals surface area contributed by atoms with Gasteiger partial charge in [0.1, 0.15) is 6.04 Å². The Morgan fingerprint density at radius 2 is 1.74 bits per heavy atom. The topological polar surface area (TPSA) is 87.1 Å². The van der Waals surface area contributed by atoms with Crippen molar-refractivity contribution in [2.45, 2.75) is 67.4 Å². The summed E-state index contributed by atoms with van der Waals surface area (Å²) < 4.78 is 4.22. The number of benzene rings is 2. The molecule has 2 amide bonds. The standard InChI is InChI=1S/C34H40N2O5S/c1-33-17-8-2-5-11-22-41-32(40)28(33)27-30(38)36(19-9-3-4-10-21-37)29-31(39)35(20-12-18-34(27,29)42-33)26-16-15-24-13-6-7-14-25(24)23-26/h6-8,12-18,23,27-29,37H,2-5,9-11,19-22H2,1H3/b17-8-/t27-,28-,29?,33+,34-/m0/s1. The highest BCUT2D eigenvalue weighted by Gasteiger charge is 2.73. The third-order valence-corrected chi connectivity index (χ3v) is 11.1. The van der Waals surface area contributed by atoms with Crippen molar-refractivity contribution in [3.63, 3.8) is 0 Å². The number of likely N-dealkylation sites (tertiary alicyclic amines) is 1. The molecule has 5 atom stereocenters. The molecule has 4 aliphatic heterocycles. The van der Waals surface area contributed by atoms with Gasteiger partial charge in [-0.15, -0.1) is 11.8 Å². The molecule has 1 unspecified atom stereocenters. The molecule has 7 nitrogen and oxygen atoms in total. The fourth-order valence-corrected chi connectivity index (χ4v) is 9.51. The van der Waals surface area contributed by atoms with E-state index in [4.69, 9.17) is 4.74 Å². The number of unbranched alkanes of at least 4 members (excludes halogenated alkanes) is 3. The van der Waals surface area contributed by atoms with Crippen LogP contribution in [0, 0.1) is 11.8 Å². The highest BCUT2D eigenvalue weighted by molar-refractivity contribution is 8.02. The Balaban J connectivity index is 1.42. The Hall–Kier alpha value is -3.10. The predicted octanol–water partition coefficient (Wildman–Crippen LogP) is 5.27. The first-order valence-corrected chi connectivity index (χ1v) is 16.1. The molecule has 2 saturated heterocycles. The van der Waals surface area contributed by atoms with Crippen molar-refractivity contribution in [3.05, 3.63) is 66.8 Å². The monoisotopic (exact) mass is 588 g/mol. The summed E-state index contributed by atoms with van der Waals surface area (Å²) in [4.78, 5) is 46.5. The molecule has 1 N–H and O–H groups in total. The number of hydrogen-bond donors (Lipinski definition) is 1. The van der Waals surface area contributed by atoms with E-state index in [-0.39, 0.29) is 24.4 Å². The number of aliphatic hydroxyl groups is 1. The Morgan fingerprint density at radius 3 is 2.57 bits per heavy atom. The molecule has 0 bridgehead atoms. The first kappa shape index (κ1) is 29.0. The van der Waals surface area contributed by atoms with E-state index in [0.717, 1.165) is 61.4 Å². The summed E-state index contributed by atoms with van der Waals surface area (Å²) in [6.45, 7) is 3.35. The second kappa shape index (κ2) is 11.9. The molecule has 2 fully saturated rings. The summed E-state index contributed by atoms with van der Waals surface area (Å²) in [5.74, 6) is -1.96. The maximum absolute atomic E-state index is 14.7. The van der Waals surface area contributed by atoms with E-state index in [1.165, 1.54) is 0 Å². The molecule has 0 radical (unpaired) electrons. The summed E-state index contributed by atoms with van der Waals surface area (Å²) in [5.41, 5.74) is 0.798. The fourth-order valence-electron chi connectivity index (χ4n) is 7.36. The third-order valence-electron chi connectivity index (χ3n) is 9.35. The molecular weight excluding hydrogens is 548 g/mol. The van der Waals surface area contributed by atoms with Crippen LogP contribution in [0.1, 0.15) is 51.9 Å². The van der Waals surface area contributed by atoms with Crippen LogP contribution in [-0.4, -0.2) is 69.6 Å². The molecule has 6 rings (SSSR count). The Bertz CT molecular complexity index is 1420. The number of amides is 2. The van der Waals surface area contributed by atoms with Crippen LogP contribution in [0.15, 0.2) is 66.8 Å². The van der Waals surface area contributed by atoms with Crippen LogP contribution in [0.4, 0.5) is 5.69 Å². The summed E-state index contributed by atoms with van der Waals surface area (Å²) in [7, 11) is 0. The van der Waals surface area contributed by atoms with Gasteiger partial charge in [0.2, 0.25) is 5.91 Å². The van der Waals surface area contributed by atoms with Gasteiger partial charge in [0.05, 0.1) is 23.2 Å². The van der Waals surface area contributed by atoms with Crippen molar-refractivity contribution in [2.75, 3.05) is 31.2 Å². The van der Waals surface area contributed by atoms with E-state index in [1.54, 1.807) is 21.6 Å². The van der Waals surface area contributed by atoms with Crippen molar-refractivity contribution in [1.82, 2.24) is 4.90 Å². The SMILES string of the molecule is C[C@@]12/C=C\CCCCOC(=O)[C@@H]1[C@H]1C(=O)N(CCCCCCO)C3C(=O)N(c4ccc5ccccc5c4)CC=C[C@@]31S2. The summed E-state index contributed by atoms with van der Waals surface area (Å²) in [6, 6.07) is 13.4. The van der Waals surface area contributed by atoms with Crippen LogP contribution < -0.4 is 4.90 Å². The normalized spacial score (nSPS) is 31.9. The van der Waals surface area contributed by atoms with E-state index in [9.17, 15) is 19.5 Å². The Kier molecular flexibility index (Phi) is 8.20. The molecule has 1 spiro atoms. The lowest BCUT2D eigenvalue weighted by atomic mass is 9.74. The van der Waals surface area contributed by atoms with Gasteiger partial charge < -0.3 is 19.6 Å². The maximum atomic E-state index is 14.7. The quantitative estimate of drug-likeness (QED) is 0.270. The molecular formula is C34H40N2O5S. The predicted molar refractivity (Wildman–Crippen MR) is 166 cm³/mol. The second-order valence-electron chi connectivity index (χ2n) is 12.1. The number of thioether (sulfide) groups is 1. The maximum Gasteiger partial charge on any atom is 0.311 e. The smallest absolute Gasteiger partial charge is 0.311 e. The minimum atomic E-state index is -0.887. The molecule has 2 aromatic rings. The van der Waals surface area contributed by atoms with Gasteiger partial charge in [-0.05, 0) is 61.9 Å². The zero-order valence-corrected chi connectivity index (χ0v) is 25.1. The van der Waals surface area contributed by atoms with Gasteiger partial charge >= 0.3 is 5.97 Å². The van der Waals surface area contributed by atoms with Gasteiger partial charge in [-0.1, -0.05) is 67.5 Å². The third kappa shape index (κ3) is 4.96. The number of ether oxygens (including phenoxy) is 1. The van der Waals surface area contributed by atoms with E-state index in [2.05, 4.69) is 24.3 Å². The van der Waals surface area contributed by atoms with Crippen LogP contribution in [0.3, 0.4) is 0 Å². The molecule has 4 heterocycles. The average molecular weight is 589 g/mol. The molecule has 0 aliphatic carbocycles. The number of esters is 1. The Morgan fingerprint density at radius 1 is 0.929 bits per heavy atom. The van der Waals surface area contributed by atoms with Crippen molar-refractivity contribution >= 4 is 46.0 Å². The number of hydrogen-bond acceptors (Lipinski definition) is 6. The number of allylic oxidation sites excluding steroid dienone is 1. The average Bonchev–Trinajstić information content (AvgIpc) is 3.31. The molecule has 42 heavy (non-hydrogen) atoms. The lowest BCUT2D eigenvalue weighted by Crippen LogP contribution is -2.53. The molecule has 0 aromatic heterocycles. The lowest BCUT2D eigenvalue weighted by Gasteiger charge is -2.37. The van der Waals surface area contributed by atoms with Gasteiger partial charge in [0, 0.05) is 30.1 Å². The number of aliphatic hydroxyl groups excluding tert-OH is 1. The molecule has 0 saturated carbocycles. The largest absolute Gasteiger partial charge is 0.465 e. The van der Waals surface area contributed by atoms with Gasteiger partial charge in [-0.2, -0.15) is 0 Å². The lowest BCUT2D eigenvalue weighted by molar-refractivity contribution is -0.154. The van der Waals surface area contributed by atoms with Crippen LogP contribution in [0.5, 0.6) is 0 Å². The number of carbonyl (C=O) groups is 3. The fraction of sp³-hybridized carbons (Fsp3) is 0.500. The number of anilines is 1. The minimum absolute atomic E-state index is 0.112. The van der Waals surface area contributed by atoms with Gasteiger partial charge in [-0.25, -0.2) is 0 Å². The van der Waals surface area contributed by atoms with Crippen molar-refractivity contribution in [1.29, 1.82) is 0 Å². The minimum Gasteiger partial charge on any atom is -0.465 e. The number of nitrogens with zero attached hydrogens (tertiary/aromatic N) is 2. The Labute approximate surface area is 252 Å². The highest BCUT2D eigenvalue weighted by atomic mass is 32.2. The number of rotatable bonds is 7. The zero-order chi connectivity index (χ0) is 29.3. The second-order valence-corrected chi connectivity index (χ2v) is 13.9.